The van der Waals surface area contributed by atoms with Crippen molar-refractivity contribution in [1.29, 1.82) is 0 Å². The average Bonchev–Trinajstić information content (AvgIpc) is 2.98. The molecule has 0 fully saturated rings. The molecule has 0 saturated heterocycles. The van der Waals surface area contributed by atoms with Gasteiger partial charge < -0.3 is 19.7 Å². The predicted octanol–water partition coefficient (Wildman–Crippen LogP) is 5.30. The van der Waals surface area contributed by atoms with E-state index < -0.39 is 28.5 Å². The molecule has 0 radical (unpaired) electrons. The number of anilines is 1. The number of carbonyl (C=O) groups excluding carboxylic acids is 2. The molecule has 0 aliphatic carbocycles. The number of nitrogens with zero attached hydrogens (tertiary/aromatic N) is 2. The van der Waals surface area contributed by atoms with Gasteiger partial charge in [0.05, 0.1) is 24.8 Å². The first-order chi connectivity index (χ1) is 20.0. The molecular weight excluding hydrogens is 622 g/mol. The number of methoxy groups -OCH3 is 2. The number of unbranched alkanes of at least 4 members (excludes halogenated alkanes) is 1. The lowest BCUT2D eigenvalue weighted by molar-refractivity contribution is -0.139. The van der Waals surface area contributed by atoms with Crippen molar-refractivity contribution in [2.24, 2.45) is 0 Å². The summed E-state index contributed by atoms with van der Waals surface area (Å²) in [6, 6.07) is 17.6. The fourth-order valence-electron chi connectivity index (χ4n) is 4.29. The minimum Gasteiger partial charge on any atom is -0.497 e. The maximum absolute atomic E-state index is 14.1. The average molecular weight is 661 g/mol. The highest BCUT2D eigenvalue weighted by molar-refractivity contribution is 9.10. The van der Waals surface area contributed by atoms with Crippen molar-refractivity contribution in [1.82, 2.24) is 10.2 Å². The summed E-state index contributed by atoms with van der Waals surface area (Å²) in [5.74, 6) is -0.257. The number of sulfonamides is 1. The van der Waals surface area contributed by atoms with Crippen LogP contribution in [0.5, 0.6) is 11.5 Å². The Morgan fingerprint density at radius 1 is 1.00 bits per heavy atom. The van der Waals surface area contributed by atoms with Crippen LogP contribution in [0.1, 0.15) is 37.8 Å². The van der Waals surface area contributed by atoms with Gasteiger partial charge in [-0.3, -0.25) is 13.9 Å². The van der Waals surface area contributed by atoms with Gasteiger partial charge in [-0.15, -0.1) is 0 Å². The van der Waals surface area contributed by atoms with Crippen LogP contribution in [-0.4, -0.2) is 58.5 Å². The van der Waals surface area contributed by atoms with E-state index in [9.17, 15) is 18.0 Å². The Balaban J connectivity index is 2.09. The Morgan fingerprint density at radius 2 is 1.71 bits per heavy atom. The summed E-state index contributed by atoms with van der Waals surface area (Å²) in [4.78, 5) is 28.7. The van der Waals surface area contributed by atoms with E-state index in [4.69, 9.17) is 9.47 Å². The van der Waals surface area contributed by atoms with E-state index in [-0.39, 0.29) is 28.8 Å². The number of hydrogen-bond donors (Lipinski definition) is 1. The minimum absolute atomic E-state index is 0.00895. The van der Waals surface area contributed by atoms with E-state index in [2.05, 4.69) is 21.2 Å². The Labute approximate surface area is 257 Å². The highest BCUT2D eigenvalue weighted by Gasteiger charge is 2.34. The summed E-state index contributed by atoms with van der Waals surface area (Å²) in [6.07, 6.45) is 1.71. The first-order valence-corrected chi connectivity index (χ1v) is 15.9. The number of aryl methyl sites for hydroxylation is 1. The number of carbonyl (C=O) groups is 2. The van der Waals surface area contributed by atoms with E-state index in [1.807, 2.05) is 38.1 Å². The molecule has 42 heavy (non-hydrogen) atoms. The van der Waals surface area contributed by atoms with Crippen molar-refractivity contribution in [2.75, 3.05) is 31.6 Å². The number of rotatable bonds is 14. The number of halogens is 1. The van der Waals surface area contributed by atoms with Gasteiger partial charge in [0.15, 0.2) is 0 Å². The summed E-state index contributed by atoms with van der Waals surface area (Å²) in [5, 5.41) is 2.89. The first-order valence-electron chi connectivity index (χ1n) is 13.6. The molecule has 226 valence electrons. The smallest absolute Gasteiger partial charge is 0.264 e. The molecular formula is C31H38BrN3O6S. The molecule has 0 bridgehead atoms. The Hall–Kier alpha value is -3.57. The molecule has 2 amide bonds. The van der Waals surface area contributed by atoms with Crippen molar-refractivity contribution in [3.05, 3.63) is 82.3 Å². The molecule has 0 aromatic heterocycles. The molecule has 0 spiro atoms. The van der Waals surface area contributed by atoms with Crippen LogP contribution in [0.15, 0.2) is 76.1 Å². The van der Waals surface area contributed by atoms with Crippen LogP contribution in [0, 0.1) is 6.92 Å². The largest absolute Gasteiger partial charge is 0.497 e. The zero-order valence-corrected chi connectivity index (χ0v) is 27.0. The number of amides is 2. The van der Waals surface area contributed by atoms with Gasteiger partial charge in [0.1, 0.15) is 24.1 Å². The van der Waals surface area contributed by atoms with Crippen molar-refractivity contribution in [3.63, 3.8) is 0 Å². The SMILES string of the molecule is CCCCNC(=O)C(C)N(Cc1cccc(Br)c1)C(=O)CN(c1cc(OC)ccc1OC)S(=O)(=O)c1ccc(C)cc1. The number of benzene rings is 3. The normalized spacial score (nSPS) is 11.9. The number of hydrogen-bond acceptors (Lipinski definition) is 6. The van der Waals surface area contributed by atoms with Crippen molar-refractivity contribution in [3.8, 4) is 11.5 Å². The van der Waals surface area contributed by atoms with E-state index in [1.165, 1.54) is 37.3 Å². The Kier molecular flexibility index (Phi) is 11.8. The van der Waals surface area contributed by atoms with Crippen molar-refractivity contribution < 1.29 is 27.5 Å². The fraction of sp³-hybridized carbons (Fsp3) is 0.355. The van der Waals surface area contributed by atoms with Gasteiger partial charge in [0, 0.05) is 23.6 Å². The summed E-state index contributed by atoms with van der Waals surface area (Å²) in [5.41, 5.74) is 1.80. The van der Waals surface area contributed by atoms with Gasteiger partial charge in [0.2, 0.25) is 11.8 Å². The highest BCUT2D eigenvalue weighted by atomic mass is 79.9. The van der Waals surface area contributed by atoms with E-state index >= 15 is 0 Å². The Bertz CT molecular complexity index is 1480. The summed E-state index contributed by atoms with van der Waals surface area (Å²) in [7, 11) is -1.37. The van der Waals surface area contributed by atoms with Crippen LogP contribution in [0.25, 0.3) is 0 Å². The lowest BCUT2D eigenvalue weighted by Gasteiger charge is -2.32. The van der Waals surface area contributed by atoms with E-state index in [1.54, 1.807) is 31.2 Å². The molecule has 3 aromatic rings. The van der Waals surface area contributed by atoms with Crippen LogP contribution < -0.4 is 19.1 Å². The van der Waals surface area contributed by atoms with Crippen molar-refractivity contribution in [2.45, 2.75) is 51.1 Å². The standard InChI is InChI=1S/C31H38BrN3O6S/c1-6-7-17-33-31(37)23(3)34(20-24-9-8-10-25(32)18-24)30(36)21-35(28-19-26(40-4)13-16-29(28)41-5)42(38,39)27-14-11-22(2)12-15-27/h8-16,18-19,23H,6-7,17,20-21H2,1-5H3,(H,33,37). The van der Waals surface area contributed by atoms with Crippen LogP contribution >= 0.6 is 15.9 Å². The Morgan fingerprint density at radius 3 is 2.33 bits per heavy atom. The van der Waals surface area contributed by atoms with E-state index in [0.29, 0.717) is 12.3 Å². The predicted molar refractivity (Wildman–Crippen MR) is 167 cm³/mol. The second-order valence-corrected chi connectivity index (χ2v) is 12.6. The maximum atomic E-state index is 14.1. The summed E-state index contributed by atoms with van der Waals surface area (Å²) < 4.78 is 41.0. The number of ether oxygens (including phenoxy) is 2. The van der Waals surface area contributed by atoms with Gasteiger partial charge in [-0.25, -0.2) is 8.42 Å². The molecule has 9 nitrogen and oxygen atoms in total. The lowest BCUT2D eigenvalue weighted by Crippen LogP contribution is -2.51. The van der Waals surface area contributed by atoms with Gasteiger partial charge in [-0.2, -0.15) is 0 Å². The van der Waals surface area contributed by atoms with Gasteiger partial charge >= 0.3 is 0 Å². The molecule has 3 aromatic carbocycles. The molecule has 0 heterocycles. The molecule has 0 aliphatic heterocycles. The second kappa shape index (κ2) is 15.1. The van der Waals surface area contributed by atoms with Gasteiger partial charge in [-0.05, 0) is 62.2 Å². The van der Waals surface area contributed by atoms with Crippen LogP contribution in [0.2, 0.25) is 0 Å². The molecule has 3 rings (SSSR count). The van der Waals surface area contributed by atoms with Gasteiger partial charge in [0.25, 0.3) is 10.0 Å². The molecule has 11 heteroatoms. The summed E-state index contributed by atoms with van der Waals surface area (Å²) in [6.45, 7) is 5.51. The monoisotopic (exact) mass is 659 g/mol. The second-order valence-electron chi connectivity index (χ2n) is 9.83. The highest BCUT2D eigenvalue weighted by Crippen LogP contribution is 2.36. The molecule has 0 aliphatic rings. The quantitative estimate of drug-likeness (QED) is 0.235. The maximum Gasteiger partial charge on any atom is 0.264 e. The van der Waals surface area contributed by atoms with Crippen LogP contribution in [0.3, 0.4) is 0 Å². The topological polar surface area (TPSA) is 105 Å². The van der Waals surface area contributed by atoms with Crippen LogP contribution in [0.4, 0.5) is 5.69 Å². The van der Waals surface area contributed by atoms with E-state index in [0.717, 1.165) is 32.7 Å². The zero-order chi connectivity index (χ0) is 30.9. The van der Waals surface area contributed by atoms with Gasteiger partial charge in [-0.1, -0.05) is 59.1 Å². The van der Waals surface area contributed by atoms with Crippen LogP contribution in [-0.2, 0) is 26.2 Å². The molecule has 1 N–H and O–H groups in total. The minimum atomic E-state index is -4.26. The molecule has 0 saturated carbocycles. The third-order valence-electron chi connectivity index (χ3n) is 6.78. The lowest BCUT2D eigenvalue weighted by atomic mass is 10.1. The first kappa shape index (κ1) is 32.9. The fourth-order valence-corrected chi connectivity index (χ4v) is 6.16. The third kappa shape index (κ3) is 8.25. The molecule has 1 unspecified atom stereocenters. The zero-order valence-electron chi connectivity index (χ0n) is 24.6. The summed E-state index contributed by atoms with van der Waals surface area (Å²) >= 11 is 3.46. The third-order valence-corrected chi connectivity index (χ3v) is 9.05. The molecule has 1 atom stereocenters. The van der Waals surface area contributed by atoms with Crippen molar-refractivity contribution >= 4 is 43.5 Å². The number of nitrogens with one attached hydrogen (secondary N) is 1.